The second kappa shape index (κ2) is 10.9. The number of fused-ring (bicyclic) bond motifs is 1. The zero-order chi connectivity index (χ0) is 23.0. The summed E-state index contributed by atoms with van der Waals surface area (Å²) in [5.41, 5.74) is 2.84. The standard InChI is InChI=1S/C26H27N3O3S/c1-3-4-15-31-21-12-10-20(11-13-21)29-24-22-18(2)23(33-25(22)28-17-27-24)26(30)32-16-14-19-8-6-5-7-9-19/h5-13,17H,3-4,14-16H2,1-2H3,(H,27,28,29). The van der Waals surface area contributed by atoms with Gasteiger partial charge in [0.15, 0.2) is 0 Å². The second-order valence-electron chi connectivity index (χ2n) is 7.68. The lowest BCUT2D eigenvalue weighted by Gasteiger charge is -2.09. The molecule has 0 aliphatic heterocycles. The lowest BCUT2D eigenvalue weighted by molar-refractivity contribution is 0.0514. The van der Waals surface area contributed by atoms with E-state index in [0.717, 1.165) is 45.6 Å². The predicted molar refractivity (Wildman–Crippen MR) is 133 cm³/mol. The lowest BCUT2D eigenvalue weighted by atomic mass is 10.2. The van der Waals surface area contributed by atoms with E-state index in [-0.39, 0.29) is 5.97 Å². The third-order valence-corrected chi connectivity index (χ3v) is 6.44. The van der Waals surface area contributed by atoms with Crippen molar-refractivity contribution in [1.29, 1.82) is 0 Å². The normalized spacial score (nSPS) is 10.8. The minimum Gasteiger partial charge on any atom is -0.494 e. The Morgan fingerprint density at radius 1 is 1.03 bits per heavy atom. The molecule has 0 saturated carbocycles. The average Bonchev–Trinajstić information content (AvgIpc) is 3.18. The van der Waals surface area contributed by atoms with Gasteiger partial charge in [0.2, 0.25) is 0 Å². The first-order valence-corrected chi connectivity index (χ1v) is 11.9. The SMILES string of the molecule is CCCCOc1ccc(Nc2ncnc3sc(C(=O)OCCc4ccccc4)c(C)c23)cc1. The summed E-state index contributed by atoms with van der Waals surface area (Å²) in [5, 5.41) is 4.18. The van der Waals surface area contributed by atoms with E-state index in [9.17, 15) is 4.79 Å². The van der Waals surface area contributed by atoms with Crippen molar-refractivity contribution in [3.63, 3.8) is 0 Å². The van der Waals surface area contributed by atoms with Crippen LogP contribution in [0.3, 0.4) is 0 Å². The fraction of sp³-hybridized carbons (Fsp3) is 0.269. The van der Waals surface area contributed by atoms with Crippen LogP contribution in [0, 0.1) is 6.92 Å². The summed E-state index contributed by atoms with van der Waals surface area (Å²) >= 11 is 1.33. The molecule has 4 aromatic rings. The van der Waals surface area contributed by atoms with E-state index in [0.29, 0.717) is 30.3 Å². The molecule has 0 atom stereocenters. The third-order valence-electron chi connectivity index (χ3n) is 5.26. The summed E-state index contributed by atoms with van der Waals surface area (Å²) in [6, 6.07) is 17.8. The first kappa shape index (κ1) is 22.7. The molecule has 1 N–H and O–H groups in total. The monoisotopic (exact) mass is 461 g/mol. The van der Waals surface area contributed by atoms with Gasteiger partial charge in [0.1, 0.15) is 27.6 Å². The van der Waals surface area contributed by atoms with E-state index in [1.54, 1.807) is 0 Å². The van der Waals surface area contributed by atoms with Gasteiger partial charge in [-0.2, -0.15) is 0 Å². The van der Waals surface area contributed by atoms with Crippen LogP contribution in [0.15, 0.2) is 60.9 Å². The zero-order valence-electron chi connectivity index (χ0n) is 18.8. The van der Waals surface area contributed by atoms with Crippen molar-refractivity contribution in [1.82, 2.24) is 9.97 Å². The van der Waals surface area contributed by atoms with Gasteiger partial charge in [-0.05, 0) is 48.7 Å². The second-order valence-corrected chi connectivity index (χ2v) is 8.68. The summed E-state index contributed by atoms with van der Waals surface area (Å²) in [6.45, 7) is 5.10. The summed E-state index contributed by atoms with van der Waals surface area (Å²) in [4.78, 5) is 22.8. The van der Waals surface area contributed by atoms with Gasteiger partial charge in [-0.3, -0.25) is 0 Å². The van der Waals surface area contributed by atoms with Crippen molar-refractivity contribution in [2.75, 3.05) is 18.5 Å². The van der Waals surface area contributed by atoms with Crippen molar-refractivity contribution in [2.24, 2.45) is 0 Å². The topological polar surface area (TPSA) is 73.3 Å². The maximum absolute atomic E-state index is 12.7. The van der Waals surface area contributed by atoms with Crippen LogP contribution < -0.4 is 10.1 Å². The molecule has 2 heterocycles. The molecule has 0 radical (unpaired) electrons. The van der Waals surface area contributed by atoms with Gasteiger partial charge >= 0.3 is 5.97 Å². The molecule has 0 aliphatic rings. The molecule has 0 aliphatic carbocycles. The molecule has 170 valence electrons. The number of hydrogen-bond acceptors (Lipinski definition) is 7. The van der Waals surface area contributed by atoms with Crippen LogP contribution in [-0.4, -0.2) is 29.2 Å². The molecule has 7 heteroatoms. The Bertz CT molecular complexity index is 1210. The van der Waals surface area contributed by atoms with Gasteiger partial charge in [0.05, 0.1) is 18.6 Å². The number of aromatic nitrogens is 2. The van der Waals surface area contributed by atoms with Gasteiger partial charge < -0.3 is 14.8 Å². The fourth-order valence-corrected chi connectivity index (χ4v) is 4.48. The maximum Gasteiger partial charge on any atom is 0.348 e. The quantitative estimate of drug-likeness (QED) is 0.220. The summed E-state index contributed by atoms with van der Waals surface area (Å²) in [5.74, 6) is 1.18. The van der Waals surface area contributed by atoms with Crippen LogP contribution in [-0.2, 0) is 11.2 Å². The number of aryl methyl sites for hydroxylation is 1. The summed E-state index contributed by atoms with van der Waals surface area (Å²) in [6.07, 6.45) is 4.33. The van der Waals surface area contributed by atoms with E-state index < -0.39 is 0 Å². The molecule has 33 heavy (non-hydrogen) atoms. The van der Waals surface area contributed by atoms with Gasteiger partial charge in [-0.15, -0.1) is 11.3 Å². The molecular formula is C26H27N3O3S. The number of nitrogens with one attached hydrogen (secondary N) is 1. The Morgan fingerprint density at radius 2 is 1.82 bits per heavy atom. The van der Waals surface area contributed by atoms with Crippen molar-refractivity contribution in [2.45, 2.75) is 33.1 Å². The highest BCUT2D eigenvalue weighted by Gasteiger charge is 2.20. The predicted octanol–water partition coefficient (Wildman–Crippen LogP) is 6.32. The first-order valence-electron chi connectivity index (χ1n) is 11.1. The molecular weight excluding hydrogens is 434 g/mol. The van der Waals surface area contributed by atoms with E-state index in [2.05, 4.69) is 22.2 Å². The summed E-state index contributed by atoms with van der Waals surface area (Å²) < 4.78 is 11.3. The molecule has 6 nitrogen and oxygen atoms in total. The molecule has 0 spiro atoms. The van der Waals surface area contributed by atoms with Crippen LogP contribution in [0.1, 0.15) is 40.6 Å². The number of anilines is 2. The minimum absolute atomic E-state index is 0.328. The molecule has 0 bridgehead atoms. The molecule has 0 amide bonds. The number of esters is 1. The van der Waals surface area contributed by atoms with E-state index in [4.69, 9.17) is 9.47 Å². The van der Waals surface area contributed by atoms with Crippen LogP contribution in [0.4, 0.5) is 11.5 Å². The minimum atomic E-state index is -0.328. The van der Waals surface area contributed by atoms with Crippen molar-refractivity contribution in [3.8, 4) is 5.75 Å². The number of carbonyl (C=O) groups excluding carboxylic acids is 1. The van der Waals surface area contributed by atoms with Gasteiger partial charge in [-0.1, -0.05) is 43.7 Å². The highest BCUT2D eigenvalue weighted by molar-refractivity contribution is 7.20. The smallest absolute Gasteiger partial charge is 0.348 e. The molecule has 4 rings (SSSR count). The van der Waals surface area contributed by atoms with E-state index >= 15 is 0 Å². The van der Waals surface area contributed by atoms with E-state index in [1.807, 2.05) is 61.5 Å². The van der Waals surface area contributed by atoms with Crippen LogP contribution in [0.25, 0.3) is 10.2 Å². The number of hydrogen-bond donors (Lipinski definition) is 1. The number of nitrogens with zero attached hydrogens (tertiary/aromatic N) is 2. The van der Waals surface area contributed by atoms with Crippen molar-refractivity contribution in [3.05, 3.63) is 76.9 Å². The number of rotatable bonds is 10. The molecule has 0 unspecified atom stereocenters. The number of ether oxygens (including phenoxy) is 2. The Morgan fingerprint density at radius 3 is 2.58 bits per heavy atom. The molecule has 2 aromatic carbocycles. The zero-order valence-corrected chi connectivity index (χ0v) is 19.7. The highest BCUT2D eigenvalue weighted by Crippen LogP contribution is 2.35. The number of unbranched alkanes of at least 4 members (excludes halogenated alkanes) is 1. The number of thiophene rings is 1. The Balaban J connectivity index is 1.46. The number of carbonyl (C=O) groups is 1. The van der Waals surface area contributed by atoms with Gasteiger partial charge in [0.25, 0.3) is 0 Å². The third kappa shape index (κ3) is 5.68. The first-order chi connectivity index (χ1) is 16.2. The van der Waals surface area contributed by atoms with Crippen molar-refractivity contribution >= 4 is 39.0 Å². The van der Waals surface area contributed by atoms with Crippen LogP contribution >= 0.6 is 11.3 Å². The van der Waals surface area contributed by atoms with Gasteiger partial charge in [0, 0.05) is 12.1 Å². The molecule has 0 saturated heterocycles. The molecule has 0 fully saturated rings. The van der Waals surface area contributed by atoms with Crippen LogP contribution in [0.5, 0.6) is 5.75 Å². The van der Waals surface area contributed by atoms with Crippen LogP contribution in [0.2, 0.25) is 0 Å². The maximum atomic E-state index is 12.7. The van der Waals surface area contributed by atoms with E-state index in [1.165, 1.54) is 17.7 Å². The van der Waals surface area contributed by atoms with Gasteiger partial charge in [-0.25, -0.2) is 14.8 Å². The summed E-state index contributed by atoms with van der Waals surface area (Å²) in [7, 11) is 0. The lowest BCUT2D eigenvalue weighted by Crippen LogP contribution is -2.07. The van der Waals surface area contributed by atoms with Crippen molar-refractivity contribution < 1.29 is 14.3 Å². The highest BCUT2D eigenvalue weighted by atomic mass is 32.1. The largest absolute Gasteiger partial charge is 0.494 e. The Labute approximate surface area is 197 Å². The Hall–Kier alpha value is -3.45. The molecule has 2 aromatic heterocycles. The average molecular weight is 462 g/mol. The fourth-order valence-electron chi connectivity index (χ4n) is 3.44. The Kier molecular flexibility index (Phi) is 7.52. The number of benzene rings is 2.